The van der Waals surface area contributed by atoms with Crippen molar-refractivity contribution in [2.75, 3.05) is 18.4 Å². The van der Waals surface area contributed by atoms with Gasteiger partial charge < -0.3 is 5.32 Å². The van der Waals surface area contributed by atoms with Gasteiger partial charge in [0.1, 0.15) is 0 Å². The summed E-state index contributed by atoms with van der Waals surface area (Å²) in [7, 11) is 0. The van der Waals surface area contributed by atoms with Gasteiger partial charge in [0.2, 0.25) is 0 Å². The normalized spacial score (nSPS) is 20.7. The summed E-state index contributed by atoms with van der Waals surface area (Å²) >= 11 is 1.82. The third-order valence-corrected chi connectivity index (χ3v) is 5.94. The summed E-state index contributed by atoms with van der Waals surface area (Å²) in [6.45, 7) is 3.61. The number of thiazole rings is 1. The number of likely N-dealkylation sites (tertiary alicyclic amines) is 1. The topological polar surface area (TPSA) is 28.2 Å². The van der Waals surface area contributed by atoms with Crippen molar-refractivity contribution < 1.29 is 0 Å². The van der Waals surface area contributed by atoms with E-state index in [1.807, 2.05) is 11.3 Å². The van der Waals surface area contributed by atoms with Crippen LogP contribution in [0, 0.1) is 0 Å². The molecule has 0 amide bonds. The van der Waals surface area contributed by atoms with Crippen LogP contribution in [0.3, 0.4) is 0 Å². The predicted molar refractivity (Wildman–Crippen MR) is 94.6 cm³/mol. The van der Waals surface area contributed by atoms with Crippen LogP contribution in [-0.4, -0.2) is 29.0 Å². The summed E-state index contributed by atoms with van der Waals surface area (Å²) in [5.74, 6) is 0. The van der Waals surface area contributed by atoms with E-state index in [1.54, 1.807) is 0 Å². The molecular formula is C18H25N3S. The van der Waals surface area contributed by atoms with E-state index in [-0.39, 0.29) is 0 Å². The lowest BCUT2D eigenvalue weighted by Gasteiger charge is -2.22. The Labute approximate surface area is 136 Å². The first kappa shape index (κ1) is 14.5. The van der Waals surface area contributed by atoms with E-state index in [9.17, 15) is 0 Å². The number of nitrogens with one attached hydrogen (secondary N) is 1. The molecule has 2 heterocycles. The molecule has 1 aromatic heterocycles. The molecule has 118 valence electrons. The van der Waals surface area contributed by atoms with E-state index in [4.69, 9.17) is 4.98 Å². The van der Waals surface area contributed by atoms with Gasteiger partial charge >= 0.3 is 0 Å². The lowest BCUT2D eigenvalue weighted by Crippen LogP contribution is -2.21. The second-order valence-electron chi connectivity index (χ2n) is 6.78. The van der Waals surface area contributed by atoms with Gasteiger partial charge in [0.15, 0.2) is 5.13 Å². The monoisotopic (exact) mass is 315 g/mol. The molecule has 2 aliphatic rings. The molecule has 4 heteroatoms. The molecule has 3 nitrogen and oxygen atoms in total. The van der Waals surface area contributed by atoms with Crippen LogP contribution in [0.2, 0.25) is 0 Å². The number of hydrogen-bond acceptors (Lipinski definition) is 4. The Morgan fingerprint density at radius 2 is 1.91 bits per heavy atom. The van der Waals surface area contributed by atoms with Gasteiger partial charge in [-0.25, -0.2) is 4.98 Å². The maximum Gasteiger partial charge on any atom is 0.184 e. The Morgan fingerprint density at radius 3 is 2.73 bits per heavy atom. The minimum atomic E-state index is 0.637. The van der Waals surface area contributed by atoms with E-state index in [2.05, 4.69) is 28.4 Å². The summed E-state index contributed by atoms with van der Waals surface area (Å²) < 4.78 is 1.33. The summed E-state index contributed by atoms with van der Waals surface area (Å²) in [6, 6.07) is 7.43. The first-order chi connectivity index (χ1) is 10.9. The minimum Gasteiger partial charge on any atom is -0.359 e. The first-order valence-corrected chi connectivity index (χ1v) is 9.57. The number of nitrogens with zero attached hydrogens (tertiary/aromatic N) is 2. The number of benzene rings is 1. The Kier molecular flexibility index (Phi) is 4.30. The van der Waals surface area contributed by atoms with Gasteiger partial charge in [-0.1, -0.05) is 36.7 Å². The van der Waals surface area contributed by atoms with Crippen molar-refractivity contribution in [3.8, 4) is 0 Å². The maximum atomic E-state index is 4.77. The number of anilines is 1. The van der Waals surface area contributed by atoms with Crippen molar-refractivity contribution in [1.82, 2.24) is 9.88 Å². The van der Waals surface area contributed by atoms with Crippen molar-refractivity contribution in [2.24, 2.45) is 0 Å². The predicted octanol–water partition coefficient (Wildman–Crippen LogP) is 4.64. The molecule has 2 fully saturated rings. The number of aromatic nitrogens is 1. The van der Waals surface area contributed by atoms with Crippen molar-refractivity contribution in [1.29, 1.82) is 0 Å². The molecule has 0 bridgehead atoms. The van der Waals surface area contributed by atoms with E-state index < -0.39 is 0 Å². The third kappa shape index (κ3) is 3.28. The largest absolute Gasteiger partial charge is 0.359 e. The fourth-order valence-corrected chi connectivity index (χ4v) is 4.76. The fraction of sp³-hybridized carbons (Fsp3) is 0.611. The second kappa shape index (κ2) is 6.55. The minimum absolute atomic E-state index is 0.637. The molecule has 1 saturated carbocycles. The molecule has 0 radical (unpaired) electrons. The standard InChI is InChI=1S/C18H25N3S/c1-2-6-15(7-3-1)19-18-20-16-9-8-14(12-17(16)22-18)13-21-10-4-5-11-21/h8-9,12,15H,1-7,10-11,13H2,(H,19,20). The van der Waals surface area contributed by atoms with Crippen molar-refractivity contribution in [3.63, 3.8) is 0 Å². The molecular weight excluding hydrogens is 290 g/mol. The maximum absolute atomic E-state index is 4.77. The molecule has 1 aromatic carbocycles. The average molecular weight is 315 g/mol. The molecule has 0 unspecified atom stereocenters. The number of hydrogen-bond donors (Lipinski definition) is 1. The van der Waals surface area contributed by atoms with Crippen molar-refractivity contribution >= 4 is 26.7 Å². The summed E-state index contributed by atoms with van der Waals surface area (Å²) in [5.41, 5.74) is 2.58. The summed E-state index contributed by atoms with van der Waals surface area (Å²) in [4.78, 5) is 7.33. The number of fused-ring (bicyclic) bond motifs is 1. The Morgan fingerprint density at radius 1 is 1.09 bits per heavy atom. The molecule has 1 aliphatic carbocycles. The molecule has 0 spiro atoms. The Hall–Kier alpha value is -1.13. The Bertz CT molecular complexity index is 624. The van der Waals surface area contributed by atoms with Crippen LogP contribution >= 0.6 is 11.3 Å². The highest BCUT2D eigenvalue weighted by molar-refractivity contribution is 7.22. The quantitative estimate of drug-likeness (QED) is 0.891. The van der Waals surface area contributed by atoms with Gasteiger partial charge in [-0.3, -0.25) is 4.90 Å². The lowest BCUT2D eigenvalue weighted by atomic mass is 9.96. The van der Waals surface area contributed by atoms with E-state index >= 15 is 0 Å². The van der Waals surface area contributed by atoms with Gasteiger partial charge in [-0.2, -0.15) is 0 Å². The van der Waals surface area contributed by atoms with E-state index in [0.29, 0.717) is 6.04 Å². The first-order valence-electron chi connectivity index (χ1n) is 8.75. The zero-order valence-corrected chi connectivity index (χ0v) is 14.0. The third-order valence-electron chi connectivity index (χ3n) is 4.99. The molecule has 1 saturated heterocycles. The molecule has 0 atom stereocenters. The van der Waals surface area contributed by atoms with Gasteiger partial charge in [0, 0.05) is 12.6 Å². The van der Waals surface area contributed by atoms with Gasteiger partial charge in [-0.15, -0.1) is 0 Å². The highest BCUT2D eigenvalue weighted by Crippen LogP contribution is 2.30. The van der Waals surface area contributed by atoms with E-state index in [0.717, 1.165) is 17.2 Å². The highest BCUT2D eigenvalue weighted by Gasteiger charge is 2.16. The fourth-order valence-electron chi connectivity index (χ4n) is 3.75. The second-order valence-corrected chi connectivity index (χ2v) is 7.81. The van der Waals surface area contributed by atoms with Crippen molar-refractivity contribution in [3.05, 3.63) is 23.8 Å². The van der Waals surface area contributed by atoms with Crippen LogP contribution in [0.15, 0.2) is 18.2 Å². The SMILES string of the molecule is c1cc2nc(NC3CCCCC3)sc2cc1CN1CCCC1. The highest BCUT2D eigenvalue weighted by atomic mass is 32.1. The lowest BCUT2D eigenvalue weighted by molar-refractivity contribution is 0.331. The molecule has 1 N–H and O–H groups in total. The molecule has 22 heavy (non-hydrogen) atoms. The van der Waals surface area contributed by atoms with Crippen LogP contribution < -0.4 is 5.32 Å². The van der Waals surface area contributed by atoms with Crippen molar-refractivity contribution in [2.45, 2.75) is 57.5 Å². The summed E-state index contributed by atoms with van der Waals surface area (Å²) in [5, 5.41) is 4.77. The van der Waals surface area contributed by atoms with Crippen LogP contribution in [0.5, 0.6) is 0 Å². The molecule has 1 aliphatic heterocycles. The smallest absolute Gasteiger partial charge is 0.184 e. The molecule has 2 aromatic rings. The van der Waals surface area contributed by atoms with E-state index in [1.165, 1.54) is 68.3 Å². The number of rotatable bonds is 4. The average Bonchev–Trinajstić information content (AvgIpc) is 3.17. The van der Waals surface area contributed by atoms with Gasteiger partial charge in [-0.05, 0) is 56.5 Å². The van der Waals surface area contributed by atoms with Crippen LogP contribution in [-0.2, 0) is 6.54 Å². The van der Waals surface area contributed by atoms with Crippen LogP contribution in [0.1, 0.15) is 50.5 Å². The zero-order chi connectivity index (χ0) is 14.8. The van der Waals surface area contributed by atoms with Crippen LogP contribution in [0.4, 0.5) is 5.13 Å². The zero-order valence-electron chi connectivity index (χ0n) is 13.2. The summed E-state index contributed by atoms with van der Waals surface area (Å²) in [6.07, 6.45) is 9.45. The Balaban J connectivity index is 1.47. The van der Waals surface area contributed by atoms with Gasteiger partial charge in [0.25, 0.3) is 0 Å². The van der Waals surface area contributed by atoms with Crippen LogP contribution in [0.25, 0.3) is 10.2 Å². The van der Waals surface area contributed by atoms with Gasteiger partial charge in [0.05, 0.1) is 10.2 Å². The molecule has 4 rings (SSSR count).